The summed E-state index contributed by atoms with van der Waals surface area (Å²) in [5, 5.41) is 23.5. The lowest BCUT2D eigenvalue weighted by molar-refractivity contribution is -0.385. The first-order chi connectivity index (χ1) is 10.8. The molecule has 1 unspecified atom stereocenters. The highest BCUT2D eigenvalue weighted by atomic mass is 19.1. The Hall–Kier alpha value is -2.54. The summed E-state index contributed by atoms with van der Waals surface area (Å²) >= 11 is 0. The molecule has 0 saturated heterocycles. The van der Waals surface area contributed by atoms with Gasteiger partial charge in [-0.1, -0.05) is 30.3 Å². The van der Waals surface area contributed by atoms with Gasteiger partial charge in [0.25, 0.3) is 5.69 Å². The second kappa shape index (κ2) is 6.70. The predicted molar refractivity (Wildman–Crippen MR) is 82.1 cm³/mol. The number of nitro benzene ring substituents is 1. The van der Waals surface area contributed by atoms with Crippen molar-refractivity contribution in [2.24, 2.45) is 0 Å². The van der Waals surface area contributed by atoms with E-state index in [4.69, 9.17) is 0 Å². The Bertz CT molecular complexity index is 683. The van der Waals surface area contributed by atoms with Crippen LogP contribution in [0.15, 0.2) is 42.5 Å². The number of halogens is 2. The number of aliphatic hydroxyl groups is 1. The van der Waals surface area contributed by atoms with E-state index in [1.807, 2.05) is 6.07 Å². The lowest BCUT2D eigenvalue weighted by Crippen LogP contribution is -2.25. The molecule has 0 bridgehead atoms. The van der Waals surface area contributed by atoms with E-state index in [0.717, 1.165) is 0 Å². The maximum Gasteiger partial charge on any atom is 0.275 e. The monoisotopic (exact) mass is 322 g/mol. The predicted octanol–water partition coefficient (Wildman–Crippen LogP) is 3.58. The summed E-state index contributed by atoms with van der Waals surface area (Å²) in [6, 6.07) is 10.2. The van der Waals surface area contributed by atoms with Crippen molar-refractivity contribution in [3.8, 4) is 0 Å². The van der Waals surface area contributed by atoms with E-state index in [-0.39, 0.29) is 13.0 Å². The molecular formula is C16H16F2N2O3. The smallest absolute Gasteiger partial charge is 0.275 e. The second-order valence-corrected chi connectivity index (χ2v) is 5.36. The third-order valence-corrected chi connectivity index (χ3v) is 3.55. The highest BCUT2D eigenvalue weighted by molar-refractivity contribution is 5.51. The SMILES string of the molecule is CC(O)(CCNc1c(F)cc([N+](=O)[O-])cc1F)c1ccccc1. The topological polar surface area (TPSA) is 75.4 Å². The number of nitro groups is 1. The van der Waals surface area contributed by atoms with E-state index in [9.17, 15) is 24.0 Å². The van der Waals surface area contributed by atoms with Gasteiger partial charge in [-0.05, 0) is 18.9 Å². The molecule has 2 N–H and O–H groups in total. The standard InChI is InChI=1S/C16H16F2N2O3/c1-16(21,11-5-3-2-4-6-11)7-8-19-15-13(17)9-12(20(22)23)10-14(15)18/h2-6,9-10,19,21H,7-8H2,1H3. The molecule has 0 aliphatic heterocycles. The van der Waals surface area contributed by atoms with Gasteiger partial charge in [-0.2, -0.15) is 0 Å². The molecule has 0 aliphatic carbocycles. The molecule has 5 nitrogen and oxygen atoms in total. The van der Waals surface area contributed by atoms with E-state index in [1.165, 1.54) is 0 Å². The fraction of sp³-hybridized carbons (Fsp3) is 0.250. The molecular weight excluding hydrogens is 306 g/mol. The molecule has 0 heterocycles. The molecule has 23 heavy (non-hydrogen) atoms. The molecule has 7 heteroatoms. The minimum absolute atomic E-state index is 0.0908. The van der Waals surface area contributed by atoms with E-state index < -0.39 is 33.5 Å². The zero-order chi connectivity index (χ0) is 17.0. The van der Waals surface area contributed by atoms with Gasteiger partial charge in [-0.3, -0.25) is 10.1 Å². The third-order valence-electron chi connectivity index (χ3n) is 3.55. The molecule has 1 atom stereocenters. The maximum atomic E-state index is 13.7. The average molecular weight is 322 g/mol. The van der Waals surface area contributed by atoms with Crippen LogP contribution in [0.5, 0.6) is 0 Å². The van der Waals surface area contributed by atoms with Gasteiger partial charge in [0.15, 0.2) is 11.6 Å². The van der Waals surface area contributed by atoms with Gasteiger partial charge in [-0.15, -0.1) is 0 Å². The van der Waals surface area contributed by atoms with Crippen LogP contribution >= 0.6 is 0 Å². The van der Waals surface area contributed by atoms with Crippen LogP contribution in [-0.4, -0.2) is 16.6 Å². The Labute approximate surface area is 131 Å². The van der Waals surface area contributed by atoms with Crippen LogP contribution in [0.4, 0.5) is 20.2 Å². The zero-order valence-corrected chi connectivity index (χ0v) is 12.4. The van der Waals surface area contributed by atoms with Crippen molar-refractivity contribution in [2.45, 2.75) is 18.9 Å². The van der Waals surface area contributed by atoms with Crippen LogP contribution in [0.1, 0.15) is 18.9 Å². The summed E-state index contributed by atoms with van der Waals surface area (Å²) in [4.78, 5) is 9.67. The van der Waals surface area contributed by atoms with Crippen LogP contribution in [-0.2, 0) is 5.60 Å². The minimum Gasteiger partial charge on any atom is -0.385 e. The molecule has 0 fully saturated rings. The number of hydrogen-bond donors (Lipinski definition) is 2. The summed E-state index contributed by atoms with van der Waals surface area (Å²) < 4.78 is 27.5. The molecule has 2 rings (SSSR count). The Balaban J connectivity index is 2.06. The summed E-state index contributed by atoms with van der Waals surface area (Å²) in [6.45, 7) is 1.69. The summed E-state index contributed by atoms with van der Waals surface area (Å²) in [5.74, 6) is -2.09. The number of anilines is 1. The van der Waals surface area contributed by atoms with Crippen LogP contribution in [0, 0.1) is 21.7 Å². The first-order valence-electron chi connectivity index (χ1n) is 6.96. The Kier molecular flexibility index (Phi) is 4.90. The van der Waals surface area contributed by atoms with Gasteiger partial charge in [0.1, 0.15) is 5.69 Å². The van der Waals surface area contributed by atoms with Gasteiger partial charge >= 0.3 is 0 Å². The molecule has 2 aromatic carbocycles. The Morgan fingerprint density at radius 1 is 1.22 bits per heavy atom. The van der Waals surface area contributed by atoms with Gasteiger partial charge in [-0.25, -0.2) is 8.78 Å². The maximum absolute atomic E-state index is 13.7. The van der Waals surface area contributed by atoms with Crippen molar-refractivity contribution in [3.63, 3.8) is 0 Å². The molecule has 2 aromatic rings. The van der Waals surface area contributed by atoms with Crippen molar-refractivity contribution >= 4 is 11.4 Å². The largest absolute Gasteiger partial charge is 0.385 e. The van der Waals surface area contributed by atoms with Crippen LogP contribution in [0.25, 0.3) is 0 Å². The third kappa shape index (κ3) is 4.01. The first kappa shape index (κ1) is 16.8. The highest BCUT2D eigenvalue weighted by Gasteiger charge is 2.23. The van der Waals surface area contributed by atoms with Crippen molar-refractivity contribution < 1.29 is 18.8 Å². The number of hydrogen-bond acceptors (Lipinski definition) is 4. The van der Waals surface area contributed by atoms with Crippen LogP contribution in [0.3, 0.4) is 0 Å². The number of benzene rings is 2. The number of rotatable bonds is 6. The minimum atomic E-state index is -1.16. The van der Waals surface area contributed by atoms with Crippen molar-refractivity contribution in [1.82, 2.24) is 0 Å². The van der Waals surface area contributed by atoms with E-state index >= 15 is 0 Å². The number of non-ortho nitro benzene ring substituents is 1. The van der Waals surface area contributed by atoms with Gasteiger partial charge < -0.3 is 10.4 Å². The summed E-state index contributed by atoms with van der Waals surface area (Å²) in [5.41, 5.74) is -1.57. The van der Waals surface area contributed by atoms with Crippen molar-refractivity contribution in [2.75, 3.05) is 11.9 Å². The quantitative estimate of drug-likeness (QED) is 0.629. The first-order valence-corrected chi connectivity index (χ1v) is 6.96. The van der Waals surface area contributed by atoms with Crippen molar-refractivity contribution in [3.05, 3.63) is 69.8 Å². The van der Waals surface area contributed by atoms with Gasteiger partial charge in [0.05, 0.1) is 22.7 Å². The number of nitrogens with zero attached hydrogens (tertiary/aromatic N) is 1. The zero-order valence-electron chi connectivity index (χ0n) is 12.4. The molecule has 0 aliphatic rings. The molecule has 0 saturated carbocycles. The van der Waals surface area contributed by atoms with E-state index in [1.54, 1.807) is 31.2 Å². The lowest BCUT2D eigenvalue weighted by Gasteiger charge is -2.24. The van der Waals surface area contributed by atoms with Crippen LogP contribution in [0.2, 0.25) is 0 Å². The van der Waals surface area contributed by atoms with Crippen LogP contribution < -0.4 is 5.32 Å². The summed E-state index contributed by atoms with van der Waals surface area (Å²) in [7, 11) is 0. The normalized spacial score (nSPS) is 13.4. The molecule has 122 valence electrons. The molecule has 0 radical (unpaired) electrons. The highest BCUT2D eigenvalue weighted by Crippen LogP contribution is 2.27. The van der Waals surface area contributed by atoms with Crippen molar-refractivity contribution in [1.29, 1.82) is 0 Å². The Morgan fingerprint density at radius 3 is 2.30 bits per heavy atom. The number of nitrogens with one attached hydrogen (secondary N) is 1. The van der Waals surface area contributed by atoms with Gasteiger partial charge in [0, 0.05) is 6.54 Å². The van der Waals surface area contributed by atoms with Gasteiger partial charge in [0.2, 0.25) is 0 Å². The van der Waals surface area contributed by atoms with E-state index in [0.29, 0.717) is 17.7 Å². The summed E-state index contributed by atoms with van der Waals surface area (Å²) in [6.07, 6.45) is 0.201. The molecule has 0 aromatic heterocycles. The molecule has 0 amide bonds. The molecule has 0 spiro atoms. The fourth-order valence-corrected chi connectivity index (χ4v) is 2.21. The van der Waals surface area contributed by atoms with E-state index in [2.05, 4.69) is 5.32 Å². The fourth-order valence-electron chi connectivity index (χ4n) is 2.21. The lowest BCUT2D eigenvalue weighted by atomic mass is 9.92. The average Bonchev–Trinajstić information content (AvgIpc) is 2.50. The Morgan fingerprint density at radius 2 is 1.78 bits per heavy atom. The second-order valence-electron chi connectivity index (χ2n) is 5.36.